The first-order valence-corrected chi connectivity index (χ1v) is 7.96. The second-order valence-electron chi connectivity index (χ2n) is 5.03. The zero-order valence-corrected chi connectivity index (χ0v) is 13.4. The van der Waals surface area contributed by atoms with Gasteiger partial charge in [-0.05, 0) is 38.3 Å². The summed E-state index contributed by atoms with van der Waals surface area (Å²) < 4.78 is 0. The molecule has 0 saturated carbocycles. The third-order valence-electron chi connectivity index (χ3n) is 3.91. The lowest BCUT2D eigenvalue weighted by molar-refractivity contribution is 0.273. The summed E-state index contributed by atoms with van der Waals surface area (Å²) in [5.41, 5.74) is 10.4. The van der Waals surface area contributed by atoms with Crippen molar-refractivity contribution in [1.29, 1.82) is 0 Å². The van der Waals surface area contributed by atoms with E-state index in [9.17, 15) is 0 Å². The Hall–Kier alpha value is -1.33. The molecule has 0 radical (unpaired) electrons. The molecular weight excluding hydrogens is 268 g/mol. The van der Waals surface area contributed by atoms with Crippen molar-refractivity contribution in [3.8, 4) is 0 Å². The van der Waals surface area contributed by atoms with Crippen molar-refractivity contribution in [2.45, 2.75) is 24.3 Å². The number of nitrogens with zero attached hydrogens (tertiary/aromatic N) is 3. The number of aliphatic imine (C=N–C) groups is 1. The van der Waals surface area contributed by atoms with Crippen LogP contribution in [0.1, 0.15) is 18.9 Å². The standard InChI is InChI=1S/C15H22N4S/c1-10-14(16)13(5-6-19(10)3)15(17-2)11-7-12(20-4)9-18-8-11/h7-10H,5-6,16H2,1-4H3. The first kappa shape index (κ1) is 15.1. The second-order valence-corrected chi connectivity index (χ2v) is 5.91. The van der Waals surface area contributed by atoms with Gasteiger partial charge in [0.2, 0.25) is 0 Å². The van der Waals surface area contributed by atoms with E-state index >= 15 is 0 Å². The summed E-state index contributed by atoms with van der Waals surface area (Å²) in [6.45, 7) is 3.14. The topological polar surface area (TPSA) is 54.5 Å². The Bertz CT molecular complexity index is 551. The molecule has 0 aliphatic carbocycles. The highest BCUT2D eigenvalue weighted by Crippen LogP contribution is 2.24. The van der Waals surface area contributed by atoms with Gasteiger partial charge >= 0.3 is 0 Å². The summed E-state index contributed by atoms with van der Waals surface area (Å²) in [5, 5.41) is 0. The number of nitrogens with two attached hydrogens (primary N) is 1. The largest absolute Gasteiger partial charge is 0.400 e. The van der Waals surface area contributed by atoms with Gasteiger partial charge in [0.1, 0.15) is 0 Å². The molecule has 4 nitrogen and oxygen atoms in total. The van der Waals surface area contributed by atoms with Crippen LogP contribution in [0.5, 0.6) is 0 Å². The maximum atomic E-state index is 6.33. The van der Waals surface area contributed by atoms with Gasteiger partial charge in [0, 0.05) is 48.2 Å². The number of pyridine rings is 1. The van der Waals surface area contributed by atoms with Crippen molar-refractivity contribution >= 4 is 17.5 Å². The van der Waals surface area contributed by atoms with Gasteiger partial charge in [-0.25, -0.2) is 0 Å². The molecule has 1 aromatic heterocycles. The smallest absolute Gasteiger partial charge is 0.0709 e. The van der Waals surface area contributed by atoms with Gasteiger partial charge in [-0.15, -0.1) is 11.8 Å². The van der Waals surface area contributed by atoms with Crippen molar-refractivity contribution in [1.82, 2.24) is 9.88 Å². The number of aromatic nitrogens is 1. The number of likely N-dealkylation sites (N-methyl/N-ethyl adjacent to an activating group) is 1. The monoisotopic (exact) mass is 290 g/mol. The van der Waals surface area contributed by atoms with Crippen LogP contribution in [-0.4, -0.2) is 48.5 Å². The van der Waals surface area contributed by atoms with E-state index in [1.54, 1.807) is 11.8 Å². The number of rotatable bonds is 3. The Morgan fingerprint density at radius 1 is 1.50 bits per heavy atom. The highest BCUT2D eigenvalue weighted by Gasteiger charge is 2.24. The SMILES string of the molecule is CN=C(C1=C(N)C(C)N(C)CC1)c1cncc(SC)c1. The van der Waals surface area contributed by atoms with Crippen LogP contribution in [0.15, 0.2) is 39.6 Å². The fraction of sp³-hybridized carbons (Fsp3) is 0.467. The Morgan fingerprint density at radius 2 is 2.25 bits per heavy atom. The maximum absolute atomic E-state index is 6.33. The van der Waals surface area contributed by atoms with Crippen molar-refractivity contribution in [2.75, 3.05) is 26.9 Å². The molecule has 1 unspecified atom stereocenters. The van der Waals surface area contributed by atoms with Gasteiger partial charge in [0.05, 0.1) is 5.71 Å². The van der Waals surface area contributed by atoms with Gasteiger partial charge in [-0.3, -0.25) is 14.9 Å². The third-order valence-corrected chi connectivity index (χ3v) is 4.60. The molecule has 108 valence electrons. The summed E-state index contributed by atoms with van der Waals surface area (Å²) in [4.78, 5) is 12.2. The van der Waals surface area contributed by atoms with E-state index in [-0.39, 0.29) is 6.04 Å². The molecule has 5 heteroatoms. The van der Waals surface area contributed by atoms with Crippen molar-refractivity contribution in [3.63, 3.8) is 0 Å². The molecule has 0 bridgehead atoms. The fourth-order valence-electron chi connectivity index (χ4n) is 2.47. The van der Waals surface area contributed by atoms with Gasteiger partial charge in [0.15, 0.2) is 0 Å². The lowest BCUT2D eigenvalue weighted by Crippen LogP contribution is -2.40. The molecule has 2 heterocycles. The van der Waals surface area contributed by atoms with Gasteiger partial charge in [0.25, 0.3) is 0 Å². The quantitative estimate of drug-likeness (QED) is 0.684. The third kappa shape index (κ3) is 2.88. The predicted molar refractivity (Wildman–Crippen MR) is 86.4 cm³/mol. The molecule has 0 spiro atoms. The molecule has 1 atom stereocenters. The Kier molecular flexibility index (Phi) is 4.83. The van der Waals surface area contributed by atoms with E-state index in [1.165, 1.54) is 0 Å². The van der Waals surface area contributed by atoms with Crippen LogP contribution in [0.4, 0.5) is 0 Å². The van der Waals surface area contributed by atoms with E-state index in [2.05, 4.69) is 41.2 Å². The first-order valence-electron chi connectivity index (χ1n) is 6.73. The normalized spacial score (nSPS) is 21.4. The minimum absolute atomic E-state index is 0.257. The van der Waals surface area contributed by atoms with Crippen LogP contribution in [0.3, 0.4) is 0 Å². The minimum atomic E-state index is 0.257. The maximum Gasteiger partial charge on any atom is 0.0709 e. The van der Waals surface area contributed by atoms with Gasteiger partial charge in [-0.2, -0.15) is 0 Å². The molecule has 0 saturated heterocycles. The second kappa shape index (κ2) is 6.41. The van der Waals surface area contributed by atoms with Gasteiger partial charge in [-0.1, -0.05) is 0 Å². The Morgan fingerprint density at radius 3 is 2.90 bits per heavy atom. The summed E-state index contributed by atoms with van der Waals surface area (Å²) in [6, 6.07) is 2.38. The van der Waals surface area contributed by atoms with Crippen molar-refractivity contribution in [2.24, 2.45) is 10.7 Å². The van der Waals surface area contributed by atoms with E-state index in [0.717, 1.165) is 40.4 Å². The van der Waals surface area contributed by atoms with Crippen LogP contribution in [0.25, 0.3) is 0 Å². The molecule has 2 N–H and O–H groups in total. The highest BCUT2D eigenvalue weighted by molar-refractivity contribution is 7.98. The number of thioether (sulfide) groups is 1. The van der Waals surface area contributed by atoms with Crippen LogP contribution in [0, 0.1) is 0 Å². The molecule has 1 aliphatic rings. The Labute approximate surface area is 125 Å². The summed E-state index contributed by atoms with van der Waals surface area (Å²) in [7, 11) is 3.93. The number of hydrogen-bond donors (Lipinski definition) is 1. The Balaban J connectivity index is 2.43. The van der Waals surface area contributed by atoms with Crippen LogP contribution in [0.2, 0.25) is 0 Å². The lowest BCUT2D eigenvalue weighted by atomic mass is 9.93. The minimum Gasteiger partial charge on any atom is -0.400 e. The zero-order chi connectivity index (χ0) is 14.7. The molecule has 20 heavy (non-hydrogen) atoms. The highest BCUT2D eigenvalue weighted by atomic mass is 32.2. The molecule has 2 rings (SSSR count). The molecule has 1 aliphatic heterocycles. The first-order chi connectivity index (χ1) is 9.58. The fourth-order valence-corrected chi connectivity index (χ4v) is 2.88. The lowest BCUT2D eigenvalue weighted by Gasteiger charge is -2.32. The average molecular weight is 290 g/mol. The van der Waals surface area contributed by atoms with E-state index in [0.29, 0.717) is 0 Å². The zero-order valence-electron chi connectivity index (χ0n) is 12.6. The molecule has 0 amide bonds. The van der Waals surface area contributed by atoms with E-state index in [4.69, 9.17) is 5.73 Å². The van der Waals surface area contributed by atoms with Crippen molar-refractivity contribution < 1.29 is 0 Å². The van der Waals surface area contributed by atoms with Crippen molar-refractivity contribution in [3.05, 3.63) is 35.3 Å². The summed E-state index contributed by atoms with van der Waals surface area (Å²) in [6.07, 6.45) is 6.72. The van der Waals surface area contributed by atoms with Crippen LogP contribution in [-0.2, 0) is 0 Å². The van der Waals surface area contributed by atoms with E-state index < -0.39 is 0 Å². The van der Waals surface area contributed by atoms with E-state index in [1.807, 2.05) is 19.4 Å². The van der Waals surface area contributed by atoms with Crippen LogP contribution < -0.4 is 5.73 Å². The number of hydrogen-bond acceptors (Lipinski definition) is 5. The molecular formula is C15H22N4S. The summed E-state index contributed by atoms with van der Waals surface area (Å²) >= 11 is 1.69. The summed E-state index contributed by atoms with van der Waals surface area (Å²) in [5.74, 6) is 0. The average Bonchev–Trinajstić information content (AvgIpc) is 2.48. The van der Waals surface area contributed by atoms with Gasteiger partial charge < -0.3 is 5.73 Å². The molecule has 0 fully saturated rings. The molecule has 0 aromatic carbocycles. The van der Waals surface area contributed by atoms with Crippen LogP contribution >= 0.6 is 11.8 Å². The molecule has 1 aromatic rings. The predicted octanol–water partition coefficient (Wildman–Crippen LogP) is 2.16.